The molecule has 0 bridgehead atoms. The van der Waals surface area contributed by atoms with Gasteiger partial charge in [-0.25, -0.2) is 4.79 Å². The fourth-order valence-electron chi connectivity index (χ4n) is 2.65. The van der Waals surface area contributed by atoms with Crippen LogP contribution in [0.5, 0.6) is 0 Å². The van der Waals surface area contributed by atoms with Gasteiger partial charge in [-0.05, 0) is 26.0 Å². The predicted molar refractivity (Wildman–Crippen MR) is 89.2 cm³/mol. The third-order valence-corrected chi connectivity index (χ3v) is 3.84. The third-order valence-electron chi connectivity index (χ3n) is 3.84. The smallest absolute Gasteiger partial charge is 0.338 e. The molecule has 0 radical (unpaired) electrons. The summed E-state index contributed by atoms with van der Waals surface area (Å²) >= 11 is 0. The van der Waals surface area contributed by atoms with Gasteiger partial charge < -0.3 is 29.2 Å². The van der Waals surface area contributed by atoms with Gasteiger partial charge in [0.25, 0.3) is 0 Å². The lowest BCUT2D eigenvalue weighted by molar-refractivity contribution is -0.323. The van der Waals surface area contributed by atoms with Crippen molar-refractivity contribution in [1.82, 2.24) is 0 Å². The van der Waals surface area contributed by atoms with Crippen LogP contribution >= 0.6 is 0 Å². The largest absolute Gasteiger partial charge is 0.456 e. The van der Waals surface area contributed by atoms with Crippen LogP contribution in [0.15, 0.2) is 30.3 Å². The van der Waals surface area contributed by atoms with Crippen molar-refractivity contribution in [3.63, 3.8) is 0 Å². The molecular weight excluding hydrogens is 344 g/mol. The second-order valence-corrected chi connectivity index (χ2v) is 6.43. The van der Waals surface area contributed by atoms with Crippen molar-refractivity contribution >= 4 is 11.9 Å². The van der Waals surface area contributed by atoms with Gasteiger partial charge in [-0.1, -0.05) is 18.2 Å². The summed E-state index contributed by atoms with van der Waals surface area (Å²) in [5.74, 6) is -2.40. The molecule has 8 nitrogen and oxygen atoms in total. The van der Waals surface area contributed by atoms with Gasteiger partial charge in [0.05, 0.1) is 18.8 Å². The molecule has 2 rings (SSSR count). The SMILES string of the molecule is CC(=O)O[C@@H](CO)[C@H](OC(=O)c1ccccc1)[C@@H]1OC(C)(C)OC[C@@H]1O. The first-order chi connectivity index (χ1) is 12.2. The van der Waals surface area contributed by atoms with Crippen molar-refractivity contribution in [1.29, 1.82) is 0 Å². The first-order valence-corrected chi connectivity index (χ1v) is 8.27. The van der Waals surface area contributed by atoms with Gasteiger partial charge in [-0.15, -0.1) is 0 Å². The lowest BCUT2D eigenvalue weighted by Crippen LogP contribution is -2.58. The maximum atomic E-state index is 12.5. The number of esters is 2. The van der Waals surface area contributed by atoms with E-state index in [1.54, 1.807) is 44.2 Å². The Kier molecular flexibility index (Phi) is 6.71. The summed E-state index contributed by atoms with van der Waals surface area (Å²) < 4.78 is 21.6. The molecule has 1 saturated heterocycles. The number of rotatable bonds is 6. The lowest BCUT2D eigenvalue weighted by Gasteiger charge is -2.43. The number of carbonyl (C=O) groups excluding carboxylic acids is 2. The molecule has 0 aliphatic carbocycles. The van der Waals surface area contributed by atoms with Gasteiger partial charge in [-0.2, -0.15) is 0 Å². The highest BCUT2D eigenvalue weighted by Gasteiger charge is 2.46. The summed E-state index contributed by atoms with van der Waals surface area (Å²) in [5.41, 5.74) is 0.276. The highest BCUT2D eigenvalue weighted by atomic mass is 16.7. The number of aliphatic hydroxyl groups excluding tert-OH is 2. The quantitative estimate of drug-likeness (QED) is 0.704. The third kappa shape index (κ3) is 5.25. The maximum Gasteiger partial charge on any atom is 0.338 e. The maximum absolute atomic E-state index is 12.5. The minimum Gasteiger partial charge on any atom is -0.456 e. The minimum absolute atomic E-state index is 0.0602. The monoisotopic (exact) mass is 368 g/mol. The number of carbonyl (C=O) groups is 2. The van der Waals surface area contributed by atoms with Crippen LogP contribution in [0.1, 0.15) is 31.1 Å². The van der Waals surface area contributed by atoms with Crippen molar-refractivity contribution in [3.05, 3.63) is 35.9 Å². The van der Waals surface area contributed by atoms with Gasteiger partial charge in [0.15, 0.2) is 18.0 Å². The van der Waals surface area contributed by atoms with Crippen LogP contribution < -0.4 is 0 Å². The van der Waals surface area contributed by atoms with Gasteiger partial charge in [-0.3, -0.25) is 4.79 Å². The Morgan fingerprint density at radius 1 is 1.27 bits per heavy atom. The van der Waals surface area contributed by atoms with E-state index in [-0.39, 0.29) is 12.2 Å². The molecule has 0 aromatic heterocycles. The molecule has 1 aromatic carbocycles. The molecule has 0 saturated carbocycles. The highest BCUT2D eigenvalue weighted by Crippen LogP contribution is 2.28. The summed E-state index contributed by atoms with van der Waals surface area (Å²) in [7, 11) is 0. The van der Waals surface area contributed by atoms with Gasteiger partial charge in [0.2, 0.25) is 0 Å². The standard InChI is InChI=1S/C18H24O8/c1-11(20)24-14(9-19)16(15-13(21)10-23-18(2,3)26-15)25-17(22)12-7-5-4-6-8-12/h4-8,13-16,19,21H,9-10H2,1-3H3/t13-,14-,15+,16-/m0/s1. The van der Waals surface area contributed by atoms with E-state index in [4.69, 9.17) is 18.9 Å². The van der Waals surface area contributed by atoms with Crippen LogP contribution in [0.3, 0.4) is 0 Å². The Hall–Kier alpha value is -2.00. The van der Waals surface area contributed by atoms with Gasteiger partial charge in [0, 0.05) is 6.92 Å². The van der Waals surface area contributed by atoms with E-state index in [2.05, 4.69) is 0 Å². The number of hydrogen-bond donors (Lipinski definition) is 2. The topological polar surface area (TPSA) is 112 Å². The van der Waals surface area contributed by atoms with E-state index in [0.717, 1.165) is 0 Å². The molecule has 26 heavy (non-hydrogen) atoms. The number of benzene rings is 1. The van der Waals surface area contributed by atoms with E-state index in [1.165, 1.54) is 6.92 Å². The molecular formula is C18H24O8. The minimum atomic E-state index is -1.23. The average molecular weight is 368 g/mol. The molecule has 0 unspecified atom stereocenters. The Labute approximate surface area is 151 Å². The Bertz CT molecular complexity index is 615. The Morgan fingerprint density at radius 2 is 1.92 bits per heavy atom. The first-order valence-electron chi connectivity index (χ1n) is 8.27. The summed E-state index contributed by atoms with van der Waals surface area (Å²) in [6.45, 7) is 3.78. The van der Waals surface area contributed by atoms with E-state index in [1.807, 2.05) is 0 Å². The molecule has 8 heteroatoms. The second kappa shape index (κ2) is 8.59. The van der Waals surface area contributed by atoms with Crippen LogP contribution in [0.2, 0.25) is 0 Å². The summed E-state index contributed by atoms with van der Waals surface area (Å²) in [4.78, 5) is 23.8. The van der Waals surface area contributed by atoms with Crippen molar-refractivity contribution < 1.29 is 38.7 Å². The molecule has 2 N–H and O–H groups in total. The zero-order chi connectivity index (χ0) is 19.3. The second-order valence-electron chi connectivity index (χ2n) is 6.43. The van der Waals surface area contributed by atoms with Gasteiger partial charge in [0.1, 0.15) is 12.2 Å². The Morgan fingerprint density at radius 3 is 2.50 bits per heavy atom. The van der Waals surface area contributed by atoms with E-state index < -0.39 is 48.7 Å². The zero-order valence-corrected chi connectivity index (χ0v) is 15.0. The molecule has 144 valence electrons. The van der Waals surface area contributed by atoms with E-state index in [0.29, 0.717) is 0 Å². The van der Waals surface area contributed by atoms with Crippen LogP contribution in [-0.4, -0.2) is 65.6 Å². The lowest BCUT2D eigenvalue weighted by atomic mass is 10.0. The fraction of sp³-hybridized carbons (Fsp3) is 0.556. The van der Waals surface area contributed by atoms with Crippen LogP contribution in [0, 0.1) is 0 Å². The number of hydrogen-bond acceptors (Lipinski definition) is 8. The molecule has 1 aromatic rings. The number of aliphatic hydroxyl groups is 2. The fourth-order valence-corrected chi connectivity index (χ4v) is 2.65. The van der Waals surface area contributed by atoms with Crippen LogP contribution in [0.4, 0.5) is 0 Å². The van der Waals surface area contributed by atoms with E-state index in [9.17, 15) is 19.8 Å². The normalized spacial score (nSPS) is 24.3. The Balaban J connectivity index is 2.28. The molecule has 4 atom stereocenters. The average Bonchev–Trinajstić information content (AvgIpc) is 2.60. The van der Waals surface area contributed by atoms with Crippen molar-refractivity contribution in [2.45, 2.75) is 51.0 Å². The van der Waals surface area contributed by atoms with Crippen molar-refractivity contribution in [2.75, 3.05) is 13.2 Å². The van der Waals surface area contributed by atoms with E-state index >= 15 is 0 Å². The highest BCUT2D eigenvalue weighted by molar-refractivity contribution is 5.89. The molecule has 0 amide bonds. The molecule has 0 spiro atoms. The van der Waals surface area contributed by atoms with Crippen molar-refractivity contribution in [2.24, 2.45) is 0 Å². The van der Waals surface area contributed by atoms with Crippen LogP contribution in [0.25, 0.3) is 0 Å². The zero-order valence-electron chi connectivity index (χ0n) is 15.0. The van der Waals surface area contributed by atoms with Crippen molar-refractivity contribution in [3.8, 4) is 0 Å². The molecule has 1 aliphatic heterocycles. The molecule has 1 heterocycles. The van der Waals surface area contributed by atoms with Gasteiger partial charge >= 0.3 is 11.9 Å². The predicted octanol–water partition coefficient (Wildman–Crippen LogP) is 0.648. The van der Waals surface area contributed by atoms with Crippen LogP contribution in [-0.2, 0) is 23.7 Å². The summed E-state index contributed by atoms with van der Waals surface area (Å²) in [6, 6.07) is 8.21. The first kappa shape index (κ1) is 20.3. The molecule has 1 fully saturated rings. The number of ether oxygens (including phenoxy) is 4. The molecule has 1 aliphatic rings. The summed E-state index contributed by atoms with van der Waals surface area (Å²) in [6.07, 6.45) is -4.62. The summed E-state index contributed by atoms with van der Waals surface area (Å²) in [5, 5.41) is 19.9.